The maximum atomic E-state index is 12.0. The summed E-state index contributed by atoms with van der Waals surface area (Å²) < 4.78 is 6.35. The van der Waals surface area contributed by atoms with Gasteiger partial charge in [0, 0.05) is 19.1 Å². The van der Waals surface area contributed by atoms with Crippen molar-refractivity contribution in [2.24, 2.45) is 23.7 Å². The second-order valence-electron chi connectivity index (χ2n) is 13.7. The standard InChI is InChI=1S/C35H69NO5/c1-28(2)23-24-31(29(3)4)27-32(35(39)40)19-13-11-12-15-21-33(20-14-9-8-10-16-22-34(37)38)41-26-18-17-25-36(7)30(5)6/h28-33H,8-27H2,1-7H3,(H,37,38)(H,39,40). The highest BCUT2D eigenvalue weighted by Gasteiger charge is 2.24. The number of carboxylic acid groups (broad SMARTS) is 2. The molecule has 0 heterocycles. The lowest BCUT2D eigenvalue weighted by Gasteiger charge is -2.25. The highest BCUT2D eigenvalue weighted by molar-refractivity contribution is 5.69. The number of aliphatic carboxylic acids is 2. The molecule has 6 heteroatoms. The second-order valence-corrected chi connectivity index (χ2v) is 13.7. The topological polar surface area (TPSA) is 87.1 Å². The van der Waals surface area contributed by atoms with Gasteiger partial charge in [-0.25, -0.2) is 0 Å². The number of hydrogen-bond donors (Lipinski definition) is 2. The van der Waals surface area contributed by atoms with Crippen LogP contribution >= 0.6 is 0 Å². The van der Waals surface area contributed by atoms with E-state index in [4.69, 9.17) is 9.84 Å². The summed E-state index contributed by atoms with van der Waals surface area (Å²) in [6.45, 7) is 15.4. The summed E-state index contributed by atoms with van der Waals surface area (Å²) in [5.41, 5.74) is 0. The zero-order chi connectivity index (χ0) is 31.0. The fourth-order valence-electron chi connectivity index (χ4n) is 5.56. The van der Waals surface area contributed by atoms with Crippen molar-refractivity contribution in [3.8, 4) is 0 Å². The normalized spacial score (nSPS) is 14.3. The molecule has 3 unspecified atom stereocenters. The lowest BCUT2D eigenvalue weighted by molar-refractivity contribution is -0.143. The van der Waals surface area contributed by atoms with Gasteiger partial charge >= 0.3 is 11.9 Å². The quantitative estimate of drug-likeness (QED) is 0.0853. The molecule has 0 aromatic heterocycles. The van der Waals surface area contributed by atoms with E-state index in [0.717, 1.165) is 116 Å². The molecular weight excluding hydrogens is 514 g/mol. The number of rotatable bonds is 29. The van der Waals surface area contributed by atoms with Gasteiger partial charge in [0.2, 0.25) is 0 Å². The molecule has 0 amide bonds. The third-order valence-electron chi connectivity index (χ3n) is 8.88. The molecule has 6 nitrogen and oxygen atoms in total. The molecule has 0 aromatic rings. The van der Waals surface area contributed by atoms with Crippen molar-refractivity contribution in [3.63, 3.8) is 0 Å². The summed E-state index contributed by atoms with van der Waals surface area (Å²) in [7, 11) is 2.18. The van der Waals surface area contributed by atoms with E-state index in [9.17, 15) is 14.7 Å². The predicted octanol–water partition coefficient (Wildman–Crippen LogP) is 9.45. The highest BCUT2D eigenvalue weighted by Crippen LogP contribution is 2.29. The van der Waals surface area contributed by atoms with Crippen molar-refractivity contribution in [1.82, 2.24) is 4.90 Å². The first kappa shape index (κ1) is 39.9. The van der Waals surface area contributed by atoms with Gasteiger partial charge in [0.05, 0.1) is 12.0 Å². The van der Waals surface area contributed by atoms with E-state index in [1.165, 1.54) is 6.42 Å². The molecule has 3 atom stereocenters. The lowest BCUT2D eigenvalue weighted by Crippen LogP contribution is -2.27. The van der Waals surface area contributed by atoms with Crippen LogP contribution in [0.15, 0.2) is 0 Å². The molecule has 41 heavy (non-hydrogen) atoms. The smallest absolute Gasteiger partial charge is 0.306 e. The van der Waals surface area contributed by atoms with Crippen LogP contribution in [0.25, 0.3) is 0 Å². The first-order valence-corrected chi connectivity index (χ1v) is 17.2. The summed E-state index contributed by atoms with van der Waals surface area (Å²) in [5.74, 6) is 0.181. The molecule has 0 fully saturated rings. The Labute approximate surface area is 254 Å². The van der Waals surface area contributed by atoms with Crippen molar-refractivity contribution in [1.29, 1.82) is 0 Å². The van der Waals surface area contributed by atoms with Crippen LogP contribution in [-0.4, -0.2) is 59.4 Å². The van der Waals surface area contributed by atoms with E-state index in [-0.39, 0.29) is 12.3 Å². The third kappa shape index (κ3) is 24.0. The lowest BCUT2D eigenvalue weighted by atomic mass is 9.80. The van der Waals surface area contributed by atoms with E-state index in [0.29, 0.717) is 29.9 Å². The largest absolute Gasteiger partial charge is 0.481 e. The number of ether oxygens (including phenoxy) is 1. The van der Waals surface area contributed by atoms with Crippen LogP contribution in [0.4, 0.5) is 0 Å². The fourth-order valence-corrected chi connectivity index (χ4v) is 5.56. The average molecular weight is 584 g/mol. The summed E-state index contributed by atoms with van der Waals surface area (Å²) in [5, 5.41) is 18.7. The van der Waals surface area contributed by atoms with Crippen LogP contribution in [0.1, 0.15) is 157 Å². The molecule has 2 N–H and O–H groups in total. The van der Waals surface area contributed by atoms with Gasteiger partial charge in [-0.05, 0) is 96.6 Å². The van der Waals surface area contributed by atoms with E-state index in [1.54, 1.807) is 0 Å². The van der Waals surface area contributed by atoms with Crippen LogP contribution in [0.2, 0.25) is 0 Å². The van der Waals surface area contributed by atoms with Crippen molar-refractivity contribution in [2.75, 3.05) is 20.2 Å². The van der Waals surface area contributed by atoms with Gasteiger partial charge in [-0.3, -0.25) is 9.59 Å². The van der Waals surface area contributed by atoms with Gasteiger partial charge in [0.15, 0.2) is 0 Å². The molecule has 0 spiro atoms. The van der Waals surface area contributed by atoms with E-state index >= 15 is 0 Å². The molecule has 0 aromatic carbocycles. The van der Waals surface area contributed by atoms with Gasteiger partial charge in [-0.1, -0.05) is 85.5 Å². The molecule has 0 saturated carbocycles. The maximum Gasteiger partial charge on any atom is 0.306 e. The molecule has 0 aliphatic rings. The average Bonchev–Trinajstić information content (AvgIpc) is 2.89. The van der Waals surface area contributed by atoms with Gasteiger partial charge in [-0.2, -0.15) is 0 Å². The van der Waals surface area contributed by atoms with Crippen molar-refractivity contribution in [3.05, 3.63) is 0 Å². The summed E-state index contributed by atoms with van der Waals surface area (Å²) in [4.78, 5) is 25.1. The summed E-state index contributed by atoms with van der Waals surface area (Å²) in [6.07, 6.45) is 18.5. The maximum absolute atomic E-state index is 12.0. The number of unbranched alkanes of at least 4 members (excludes halogenated alkanes) is 8. The third-order valence-corrected chi connectivity index (χ3v) is 8.88. The van der Waals surface area contributed by atoms with Crippen LogP contribution in [0.5, 0.6) is 0 Å². The Balaban J connectivity index is 4.47. The minimum atomic E-state index is -0.696. The molecule has 0 aliphatic carbocycles. The van der Waals surface area contributed by atoms with Crippen LogP contribution in [-0.2, 0) is 14.3 Å². The summed E-state index contributed by atoms with van der Waals surface area (Å²) >= 11 is 0. The van der Waals surface area contributed by atoms with Gasteiger partial charge in [0.25, 0.3) is 0 Å². The number of hydrogen-bond acceptors (Lipinski definition) is 4. The Bertz CT molecular complexity index is 636. The van der Waals surface area contributed by atoms with Crippen molar-refractivity contribution >= 4 is 11.9 Å². The molecule has 0 bridgehead atoms. The van der Waals surface area contributed by atoms with Gasteiger partial charge in [-0.15, -0.1) is 0 Å². The molecular formula is C35H69NO5. The predicted molar refractivity (Wildman–Crippen MR) is 173 cm³/mol. The second kappa shape index (κ2) is 25.4. The highest BCUT2D eigenvalue weighted by atomic mass is 16.5. The number of carbonyl (C=O) groups is 2. The van der Waals surface area contributed by atoms with Crippen molar-refractivity contribution in [2.45, 2.75) is 169 Å². The molecule has 0 rings (SSSR count). The Morgan fingerprint density at radius 2 is 1.24 bits per heavy atom. The number of nitrogens with zero attached hydrogens (tertiary/aromatic N) is 1. The summed E-state index contributed by atoms with van der Waals surface area (Å²) in [6, 6.07) is 0.575. The zero-order valence-electron chi connectivity index (χ0n) is 28.2. The minimum Gasteiger partial charge on any atom is -0.481 e. The van der Waals surface area contributed by atoms with Gasteiger partial charge in [0.1, 0.15) is 0 Å². The first-order chi connectivity index (χ1) is 19.4. The SMILES string of the molecule is CC(C)CCC(CC(CCCCCCC(CCCCCCCC(=O)O)OCCCCN(C)C(C)C)C(=O)O)C(C)C. The Morgan fingerprint density at radius 1 is 0.683 bits per heavy atom. The van der Waals surface area contributed by atoms with Crippen LogP contribution in [0.3, 0.4) is 0 Å². The first-order valence-electron chi connectivity index (χ1n) is 17.2. The monoisotopic (exact) mass is 584 g/mol. The van der Waals surface area contributed by atoms with E-state index in [1.807, 2.05) is 0 Å². The van der Waals surface area contributed by atoms with Crippen molar-refractivity contribution < 1.29 is 24.5 Å². The van der Waals surface area contributed by atoms with E-state index in [2.05, 4.69) is 53.5 Å². The van der Waals surface area contributed by atoms with Gasteiger partial charge < -0.3 is 19.8 Å². The minimum absolute atomic E-state index is 0.212. The Kier molecular flexibility index (Phi) is 24.7. The Hall–Kier alpha value is -1.14. The Morgan fingerprint density at radius 3 is 1.76 bits per heavy atom. The van der Waals surface area contributed by atoms with Crippen LogP contribution in [0, 0.1) is 23.7 Å². The molecule has 0 saturated heterocycles. The number of carboxylic acids is 2. The zero-order valence-corrected chi connectivity index (χ0v) is 28.2. The molecule has 0 aliphatic heterocycles. The molecule has 0 radical (unpaired) electrons. The van der Waals surface area contributed by atoms with Crippen LogP contribution < -0.4 is 0 Å². The fraction of sp³-hybridized carbons (Fsp3) is 0.943. The molecule has 244 valence electrons. The van der Waals surface area contributed by atoms with E-state index < -0.39 is 11.9 Å².